The molecular formula is C16H23NO3. The predicted molar refractivity (Wildman–Crippen MR) is 77.9 cm³/mol. The molecular weight excluding hydrogens is 254 g/mol. The highest BCUT2D eigenvalue weighted by Gasteiger charge is 2.33. The van der Waals surface area contributed by atoms with Gasteiger partial charge in [0, 0.05) is 13.6 Å². The van der Waals surface area contributed by atoms with Crippen LogP contribution in [0, 0.1) is 0 Å². The van der Waals surface area contributed by atoms with Crippen LogP contribution in [0.4, 0.5) is 0 Å². The molecule has 1 aliphatic rings. The van der Waals surface area contributed by atoms with Gasteiger partial charge < -0.3 is 15.1 Å². The van der Waals surface area contributed by atoms with Gasteiger partial charge in [-0.15, -0.1) is 0 Å². The molecule has 0 bridgehead atoms. The summed E-state index contributed by atoms with van der Waals surface area (Å²) in [6.45, 7) is 2.33. The minimum Gasteiger partial charge on any atom is -0.507 e. The lowest BCUT2D eigenvalue weighted by molar-refractivity contribution is 0.0155. The van der Waals surface area contributed by atoms with E-state index in [9.17, 15) is 15.0 Å². The van der Waals surface area contributed by atoms with Crippen molar-refractivity contribution >= 4 is 5.91 Å². The third-order valence-corrected chi connectivity index (χ3v) is 4.11. The lowest BCUT2D eigenvalue weighted by Gasteiger charge is -2.28. The second-order valence-corrected chi connectivity index (χ2v) is 5.80. The van der Waals surface area contributed by atoms with Crippen LogP contribution >= 0.6 is 0 Å². The Morgan fingerprint density at radius 1 is 1.35 bits per heavy atom. The minimum absolute atomic E-state index is 0.00235. The van der Waals surface area contributed by atoms with Crippen LogP contribution in [-0.4, -0.2) is 40.2 Å². The number of phenolic OH excluding ortho intramolecular Hbond substituents is 1. The van der Waals surface area contributed by atoms with Crippen molar-refractivity contribution in [2.45, 2.75) is 44.6 Å². The van der Waals surface area contributed by atoms with Crippen molar-refractivity contribution in [1.82, 2.24) is 4.90 Å². The summed E-state index contributed by atoms with van der Waals surface area (Å²) in [4.78, 5) is 13.9. The van der Waals surface area contributed by atoms with Crippen LogP contribution in [0.2, 0.25) is 0 Å². The second-order valence-electron chi connectivity index (χ2n) is 5.80. The van der Waals surface area contributed by atoms with Crippen molar-refractivity contribution < 1.29 is 15.0 Å². The number of amides is 1. The van der Waals surface area contributed by atoms with Crippen molar-refractivity contribution in [2.75, 3.05) is 13.6 Å². The number of aryl methyl sites for hydroxylation is 1. The van der Waals surface area contributed by atoms with Gasteiger partial charge in [-0.1, -0.05) is 25.8 Å². The number of hydrogen-bond donors (Lipinski definition) is 2. The van der Waals surface area contributed by atoms with Crippen molar-refractivity contribution in [3.05, 3.63) is 29.3 Å². The molecule has 1 amide bonds. The zero-order chi connectivity index (χ0) is 14.8. The van der Waals surface area contributed by atoms with E-state index in [1.165, 1.54) is 4.90 Å². The Morgan fingerprint density at radius 3 is 2.60 bits per heavy atom. The molecule has 1 saturated carbocycles. The molecule has 2 N–H and O–H groups in total. The van der Waals surface area contributed by atoms with Crippen LogP contribution in [0.1, 0.15) is 48.5 Å². The molecule has 1 aliphatic carbocycles. The zero-order valence-electron chi connectivity index (χ0n) is 12.2. The van der Waals surface area contributed by atoms with Gasteiger partial charge in [0.2, 0.25) is 0 Å². The maximum absolute atomic E-state index is 12.4. The van der Waals surface area contributed by atoms with Gasteiger partial charge in [-0.05, 0) is 37.0 Å². The van der Waals surface area contributed by atoms with Crippen LogP contribution in [-0.2, 0) is 6.42 Å². The van der Waals surface area contributed by atoms with Crippen LogP contribution < -0.4 is 0 Å². The maximum Gasteiger partial charge on any atom is 0.257 e. The third-order valence-electron chi connectivity index (χ3n) is 4.11. The predicted octanol–water partition coefficient (Wildman–Crippen LogP) is 2.33. The first-order valence-electron chi connectivity index (χ1n) is 7.25. The first kappa shape index (κ1) is 14.9. The molecule has 2 rings (SSSR count). The van der Waals surface area contributed by atoms with Crippen LogP contribution in [0.15, 0.2) is 18.2 Å². The highest BCUT2D eigenvalue weighted by Crippen LogP contribution is 2.30. The maximum atomic E-state index is 12.4. The van der Waals surface area contributed by atoms with Crippen molar-refractivity contribution in [3.63, 3.8) is 0 Å². The molecule has 1 aromatic carbocycles. The van der Waals surface area contributed by atoms with Gasteiger partial charge in [0.1, 0.15) is 5.75 Å². The number of hydrogen-bond acceptors (Lipinski definition) is 3. The average Bonchev–Trinajstić information content (AvgIpc) is 2.85. The summed E-state index contributed by atoms with van der Waals surface area (Å²) in [6.07, 6.45) is 4.32. The second kappa shape index (κ2) is 5.83. The van der Waals surface area contributed by atoms with Gasteiger partial charge in [-0.3, -0.25) is 4.79 Å². The lowest BCUT2D eigenvalue weighted by atomic mass is 10.0. The molecule has 0 spiro atoms. The standard InChI is InChI=1S/C16H23NO3/c1-3-12-6-7-14(18)13(10-12)15(19)17(2)11-16(20)8-4-5-9-16/h6-7,10,18,20H,3-5,8-9,11H2,1-2H3. The Morgan fingerprint density at radius 2 is 2.00 bits per heavy atom. The average molecular weight is 277 g/mol. The molecule has 1 aromatic rings. The molecule has 4 heteroatoms. The number of likely N-dealkylation sites (N-methyl/N-ethyl adjacent to an activating group) is 1. The fraction of sp³-hybridized carbons (Fsp3) is 0.562. The fourth-order valence-electron chi connectivity index (χ4n) is 2.88. The van der Waals surface area contributed by atoms with E-state index in [-0.39, 0.29) is 11.7 Å². The van der Waals surface area contributed by atoms with Gasteiger partial charge in [0.15, 0.2) is 0 Å². The first-order valence-corrected chi connectivity index (χ1v) is 7.25. The van der Waals surface area contributed by atoms with E-state index in [2.05, 4.69) is 0 Å². The molecule has 0 radical (unpaired) electrons. The number of rotatable bonds is 4. The number of aliphatic hydroxyl groups is 1. The number of benzene rings is 1. The summed E-state index contributed by atoms with van der Waals surface area (Å²) in [5.41, 5.74) is 0.565. The number of nitrogens with zero attached hydrogens (tertiary/aromatic N) is 1. The molecule has 0 unspecified atom stereocenters. The highest BCUT2D eigenvalue weighted by atomic mass is 16.3. The number of carbonyl (C=O) groups excluding carboxylic acids is 1. The zero-order valence-corrected chi connectivity index (χ0v) is 12.2. The summed E-state index contributed by atoms with van der Waals surface area (Å²) in [5, 5.41) is 20.2. The Hall–Kier alpha value is -1.55. The summed E-state index contributed by atoms with van der Waals surface area (Å²) in [5.74, 6) is -0.240. The molecule has 20 heavy (non-hydrogen) atoms. The monoisotopic (exact) mass is 277 g/mol. The molecule has 0 heterocycles. The Balaban J connectivity index is 2.14. The molecule has 4 nitrogen and oxygen atoms in total. The van der Waals surface area contributed by atoms with E-state index < -0.39 is 5.60 Å². The van der Waals surface area contributed by atoms with Gasteiger partial charge >= 0.3 is 0 Å². The molecule has 0 saturated heterocycles. The number of carbonyl (C=O) groups is 1. The van der Waals surface area contributed by atoms with E-state index in [1.54, 1.807) is 19.2 Å². The molecule has 0 atom stereocenters. The fourth-order valence-corrected chi connectivity index (χ4v) is 2.88. The van der Waals surface area contributed by atoms with Crippen LogP contribution in [0.25, 0.3) is 0 Å². The van der Waals surface area contributed by atoms with Crippen molar-refractivity contribution in [1.29, 1.82) is 0 Å². The highest BCUT2D eigenvalue weighted by molar-refractivity contribution is 5.96. The summed E-state index contributed by atoms with van der Waals surface area (Å²) in [7, 11) is 1.68. The lowest BCUT2D eigenvalue weighted by Crippen LogP contribution is -2.42. The third kappa shape index (κ3) is 3.12. The van der Waals surface area contributed by atoms with E-state index >= 15 is 0 Å². The first-order chi connectivity index (χ1) is 9.45. The van der Waals surface area contributed by atoms with Gasteiger partial charge in [-0.25, -0.2) is 0 Å². The van der Waals surface area contributed by atoms with Gasteiger partial charge in [-0.2, -0.15) is 0 Å². The van der Waals surface area contributed by atoms with E-state index in [0.717, 1.165) is 37.7 Å². The van der Waals surface area contributed by atoms with Gasteiger partial charge in [0.25, 0.3) is 5.91 Å². The minimum atomic E-state index is -0.762. The quantitative estimate of drug-likeness (QED) is 0.888. The van der Waals surface area contributed by atoms with E-state index in [4.69, 9.17) is 0 Å². The molecule has 110 valence electrons. The molecule has 1 fully saturated rings. The Kier molecular flexibility index (Phi) is 4.33. The normalized spacial score (nSPS) is 17.1. The van der Waals surface area contributed by atoms with Crippen LogP contribution in [0.3, 0.4) is 0 Å². The Labute approximate surface area is 120 Å². The van der Waals surface area contributed by atoms with Crippen LogP contribution in [0.5, 0.6) is 5.75 Å². The topological polar surface area (TPSA) is 60.8 Å². The van der Waals surface area contributed by atoms with Crippen molar-refractivity contribution in [2.24, 2.45) is 0 Å². The SMILES string of the molecule is CCc1ccc(O)c(C(=O)N(C)CC2(O)CCCC2)c1. The Bertz CT molecular complexity index is 492. The van der Waals surface area contributed by atoms with E-state index in [1.807, 2.05) is 13.0 Å². The summed E-state index contributed by atoms with van der Waals surface area (Å²) in [6, 6.07) is 5.10. The van der Waals surface area contributed by atoms with Crippen molar-refractivity contribution in [3.8, 4) is 5.75 Å². The number of phenols is 1. The largest absolute Gasteiger partial charge is 0.507 e. The molecule has 0 aliphatic heterocycles. The van der Waals surface area contributed by atoms with E-state index in [0.29, 0.717) is 12.1 Å². The summed E-state index contributed by atoms with van der Waals surface area (Å²) >= 11 is 0. The smallest absolute Gasteiger partial charge is 0.257 e. The molecule has 0 aromatic heterocycles. The van der Waals surface area contributed by atoms with Gasteiger partial charge in [0.05, 0.1) is 11.2 Å². The summed E-state index contributed by atoms with van der Waals surface area (Å²) < 4.78 is 0. The number of aromatic hydroxyl groups is 1.